The van der Waals surface area contributed by atoms with Crippen LogP contribution in [0.15, 0.2) is 66.9 Å². The van der Waals surface area contributed by atoms with E-state index in [2.05, 4.69) is 28.0 Å². The van der Waals surface area contributed by atoms with Crippen molar-refractivity contribution in [1.82, 2.24) is 15.2 Å². The standard InChI is InChI=1S/C32H32F2N4O7S/c1-42-29-16-24-26(17-30(29)44-19-23(39)18-37-10-12-43-13-11-37)35-9-8-27(24)45-28-7-6-22(15-25(28)34)38(46)32(41)36-31(40)14-20-2-4-21(33)5-3-20/h2-9,15-17,23,39,46H,10-14,18-19H2,1H3,(H,36,40,41). The Morgan fingerprint density at radius 2 is 1.80 bits per heavy atom. The van der Waals surface area contributed by atoms with Crippen LogP contribution in [0.25, 0.3) is 10.9 Å². The second-order valence-corrected chi connectivity index (χ2v) is 10.8. The predicted molar refractivity (Wildman–Crippen MR) is 169 cm³/mol. The maximum absolute atomic E-state index is 15.2. The highest BCUT2D eigenvalue weighted by Gasteiger charge is 2.20. The Hall–Kier alpha value is -4.50. The number of amides is 3. The summed E-state index contributed by atoms with van der Waals surface area (Å²) in [5, 5.41) is 13.2. The van der Waals surface area contributed by atoms with Crippen molar-refractivity contribution in [3.05, 3.63) is 84.1 Å². The van der Waals surface area contributed by atoms with E-state index in [0.29, 0.717) is 47.7 Å². The van der Waals surface area contributed by atoms with Gasteiger partial charge in [-0.15, -0.1) is 0 Å². The number of aliphatic hydroxyl groups excluding tert-OH is 1. The lowest BCUT2D eigenvalue weighted by atomic mass is 10.1. The first-order chi connectivity index (χ1) is 22.2. The summed E-state index contributed by atoms with van der Waals surface area (Å²) in [6, 6.07) is 13.0. The minimum atomic E-state index is -0.901. The highest BCUT2D eigenvalue weighted by Crippen LogP contribution is 2.38. The smallest absolute Gasteiger partial charge is 0.338 e. The van der Waals surface area contributed by atoms with Crippen molar-refractivity contribution in [1.29, 1.82) is 0 Å². The summed E-state index contributed by atoms with van der Waals surface area (Å²) in [6.07, 6.45) is 0.605. The lowest BCUT2D eigenvalue weighted by Gasteiger charge is -2.28. The van der Waals surface area contributed by atoms with Crippen molar-refractivity contribution in [3.8, 4) is 23.0 Å². The van der Waals surface area contributed by atoms with Gasteiger partial charge in [0.15, 0.2) is 23.1 Å². The number of carbonyl (C=O) groups is 2. The van der Waals surface area contributed by atoms with Crippen molar-refractivity contribution in [2.45, 2.75) is 12.5 Å². The number of fused-ring (bicyclic) bond motifs is 1. The fourth-order valence-corrected chi connectivity index (χ4v) is 4.93. The zero-order valence-corrected chi connectivity index (χ0v) is 25.7. The van der Waals surface area contributed by atoms with Crippen LogP contribution >= 0.6 is 12.8 Å². The Morgan fingerprint density at radius 1 is 1.04 bits per heavy atom. The number of methoxy groups -OCH3 is 1. The molecule has 1 saturated heterocycles. The number of rotatable bonds is 11. The predicted octanol–water partition coefficient (Wildman–Crippen LogP) is 4.52. The Labute approximate surface area is 269 Å². The number of thiol groups is 1. The first-order valence-corrected chi connectivity index (χ1v) is 14.7. The van der Waals surface area contributed by atoms with E-state index >= 15 is 4.39 Å². The number of aromatic nitrogens is 1. The molecular formula is C32H32F2N4O7S. The topological polar surface area (TPSA) is 123 Å². The second-order valence-electron chi connectivity index (χ2n) is 10.4. The summed E-state index contributed by atoms with van der Waals surface area (Å²) in [5.74, 6) is -1.01. The van der Waals surface area contributed by atoms with Crippen LogP contribution < -0.4 is 23.8 Å². The SMILES string of the molecule is COc1cc2c(Oc3ccc(N(S)C(=O)NC(=O)Cc4ccc(F)cc4)cc3F)ccnc2cc1OCC(O)CN1CCOCC1. The first-order valence-electron chi connectivity index (χ1n) is 14.3. The van der Waals surface area contributed by atoms with E-state index in [0.717, 1.165) is 23.5 Å². The molecule has 1 atom stereocenters. The molecule has 2 heterocycles. The number of hydrogen-bond donors (Lipinski definition) is 3. The van der Waals surface area contributed by atoms with Gasteiger partial charge in [-0.25, -0.2) is 17.9 Å². The maximum Gasteiger partial charge on any atom is 0.338 e. The van der Waals surface area contributed by atoms with Gasteiger partial charge in [0, 0.05) is 43.4 Å². The van der Waals surface area contributed by atoms with Gasteiger partial charge >= 0.3 is 6.03 Å². The summed E-state index contributed by atoms with van der Waals surface area (Å²) < 4.78 is 51.7. The number of nitrogens with zero attached hydrogens (tertiary/aromatic N) is 3. The highest BCUT2D eigenvalue weighted by molar-refractivity contribution is 7.82. The molecule has 1 aliphatic rings. The van der Waals surface area contributed by atoms with Crippen molar-refractivity contribution >= 4 is 41.3 Å². The Bertz CT molecular complexity index is 1690. The molecule has 46 heavy (non-hydrogen) atoms. The van der Waals surface area contributed by atoms with Crippen molar-refractivity contribution in [2.24, 2.45) is 0 Å². The third-order valence-electron chi connectivity index (χ3n) is 7.09. The fraction of sp³-hybridized carbons (Fsp3) is 0.281. The average Bonchev–Trinajstić information content (AvgIpc) is 3.05. The Kier molecular flexibility index (Phi) is 10.9. The number of β-amino-alcohol motifs (C(OH)–C–C–N with tert-alkyl or cyclic N) is 1. The first kappa shape index (κ1) is 32.9. The summed E-state index contributed by atoms with van der Waals surface area (Å²) in [7, 11) is 1.48. The van der Waals surface area contributed by atoms with E-state index in [4.69, 9.17) is 18.9 Å². The minimum absolute atomic E-state index is 0.0373. The number of nitrogens with one attached hydrogen (secondary N) is 1. The third-order valence-corrected chi connectivity index (χ3v) is 7.50. The number of ether oxygens (including phenoxy) is 4. The average molecular weight is 655 g/mol. The number of benzene rings is 3. The van der Waals surface area contributed by atoms with Gasteiger partial charge in [-0.1, -0.05) is 24.9 Å². The molecule has 0 radical (unpaired) electrons. The van der Waals surface area contributed by atoms with Crippen LogP contribution in [0.2, 0.25) is 0 Å². The van der Waals surface area contributed by atoms with Gasteiger partial charge in [0.05, 0.1) is 37.9 Å². The number of morpholine rings is 1. The molecule has 0 spiro atoms. The van der Waals surface area contributed by atoms with E-state index in [1.54, 1.807) is 18.2 Å². The molecule has 5 rings (SSSR count). The normalized spacial score (nSPS) is 14.0. The Balaban J connectivity index is 1.24. The summed E-state index contributed by atoms with van der Waals surface area (Å²) in [5.41, 5.74) is 1.03. The van der Waals surface area contributed by atoms with E-state index in [1.807, 2.05) is 0 Å². The molecule has 0 saturated carbocycles. The maximum atomic E-state index is 15.2. The number of aliphatic hydroxyl groups is 1. The molecule has 0 bridgehead atoms. The van der Waals surface area contributed by atoms with Gasteiger partial charge in [0.25, 0.3) is 0 Å². The van der Waals surface area contributed by atoms with Crippen LogP contribution in [0, 0.1) is 11.6 Å². The van der Waals surface area contributed by atoms with E-state index < -0.39 is 29.7 Å². The molecular weight excluding hydrogens is 622 g/mol. The molecule has 1 unspecified atom stereocenters. The molecule has 2 N–H and O–H groups in total. The lowest BCUT2D eigenvalue weighted by Crippen LogP contribution is -2.42. The van der Waals surface area contributed by atoms with Crippen molar-refractivity contribution in [2.75, 3.05) is 50.9 Å². The number of anilines is 1. The van der Waals surface area contributed by atoms with Gasteiger partial charge < -0.3 is 24.1 Å². The molecule has 1 fully saturated rings. The van der Waals surface area contributed by atoms with Crippen molar-refractivity contribution in [3.63, 3.8) is 0 Å². The van der Waals surface area contributed by atoms with E-state index in [9.17, 15) is 19.1 Å². The summed E-state index contributed by atoms with van der Waals surface area (Å²) in [6.45, 7) is 3.24. The molecule has 3 aromatic carbocycles. The number of hydrogen-bond acceptors (Lipinski definition) is 10. The van der Waals surface area contributed by atoms with Crippen LogP contribution in [0.5, 0.6) is 23.0 Å². The minimum Gasteiger partial charge on any atom is -0.493 e. The van der Waals surface area contributed by atoms with E-state index in [1.165, 1.54) is 49.7 Å². The second kappa shape index (κ2) is 15.2. The molecule has 3 amide bonds. The molecule has 1 aromatic heterocycles. The summed E-state index contributed by atoms with van der Waals surface area (Å²) in [4.78, 5) is 31.3. The molecule has 242 valence electrons. The number of urea groups is 1. The lowest BCUT2D eigenvalue weighted by molar-refractivity contribution is -0.119. The molecule has 4 aromatic rings. The zero-order chi connectivity index (χ0) is 32.6. The van der Waals surface area contributed by atoms with Crippen molar-refractivity contribution < 1.29 is 42.4 Å². The Morgan fingerprint density at radius 3 is 2.52 bits per heavy atom. The van der Waals surface area contributed by atoms with Gasteiger partial charge in [0.1, 0.15) is 24.3 Å². The third kappa shape index (κ3) is 8.40. The van der Waals surface area contributed by atoms with E-state index in [-0.39, 0.29) is 30.2 Å². The largest absolute Gasteiger partial charge is 0.493 e. The molecule has 14 heteroatoms. The van der Waals surface area contributed by atoms with Crippen LogP contribution in [-0.4, -0.2) is 79.6 Å². The number of carbonyl (C=O) groups excluding carboxylic acids is 2. The molecule has 1 aliphatic heterocycles. The number of halogens is 2. The molecule has 0 aliphatic carbocycles. The number of imide groups is 1. The van der Waals surface area contributed by atoms with Gasteiger partial charge in [-0.05, 0) is 42.0 Å². The monoisotopic (exact) mass is 654 g/mol. The van der Waals surface area contributed by atoms with Gasteiger partial charge in [-0.3, -0.25) is 20.0 Å². The van der Waals surface area contributed by atoms with Gasteiger partial charge in [0.2, 0.25) is 5.91 Å². The zero-order valence-electron chi connectivity index (χ0n) is 24.8. The molecule has 11 nitrogen and oxygen atoms in total. The van der Waals surface area contributed by atoms with Crippen LogP contribution in [0.4, 0.5) is 19.3 Å². The van der Waals surface area contributed by atoms with Gasteiger partial charge in [-0.2, -0.15) is 0 Å². The number of pyridine rings is 1. The fourth-order valence-electron chi connectivity index (χ4n) is 4.75. The summed E-state index contributed by atoms with van der Waals surface area (Å²) >= 11 is 4.11. The van der Waals surface area contributed by atoms with Crippen LogP contribution in [0.3, 0.4) is 0 Å². The highest BCUT2D eigenvalue weighted by atomic mass is 32.1. The van der Waals surface area contributed by atoms with Crippen LogP contribution in [-0.2, 0) is 16.0 Å². The van der Waals surface area contributed by atoms with Crippen LogP contribution in [0.1, 0.15) is 5.56 Å². The quantitative estimate of drug-likeness (QED) is 0.201.